The molecule has 0 aliphatic carbocycles. The summed E-state index contributed by atoms with van der Waals surface area (Å²) >= 11 is 0. The van der Waals surface area contributed by atoms with Crippen LogP contribution in [0.5, 0.6) is 0 Å². The predicted molar refractivity (Wildman–Crippen MR) is 93.1 cm³/mol. The molecule has 0 rings (SSSR count). The molecule has 0 bridgehead atoms. The summed E-state index contributed by atoms with van der Waals surface area (Å²) in [5.41, 5.74) is 5.79. The van der Waals surface area contributed by atoms with Gasteiger partial charge in [0.15, 0.2) is 0 Å². The van der Waals surface area contributed by atoms with Gasteiger partial charge in [-0.15, -0.1) is 6.58 Å². The van der Waals surface area contributed by atoms with Gasteiger partial charge in [0.25, 0.3) is 0 Å². The zero-order valence-electron chi connectivity index (χ0n) is 14.0. The Labute approximate surface area is 128 Å². The first-order chi connectivity index (χ1) is 9.85. The van der Waals surface area contributed by atoms with E-state index in [1.54, 1.807) is 0 Å². The molecule has 0 heterocycles. The first-order valence-electron chi connectivity index (χ1n) is 9.16. The molecule has 2 N–H and O–H groups in total. The topological polar surface area (TPSA) is 26.0 Å². The van der Waals surface area contributed by atoms with Gasteiger partial charge in [0.1, 0.15) is 0 Å². The lowest BCUT2D eigenvalue weighted by atomic mass is 9.96. The molecular formula is C19H39N. The molecule has 120 valence electrons. The molecule has 1 nitrogen and oxygen atoms in total. The molecular weight excluding hydrogens is 242 g/mol. The second-order valence-corrected chi connectivity index (χ2v) is 6.29. The smallest absolute Gasteiger partial charge is 0.00489 e. The van der Waals surface area contributed by atoms with Gasteiger partial charge in [-0.25, -0.2) is 0 Å². The molecule has 0 saturated heterocycles. The SMILES string of the molecule is C=CCCCCCCCCCCCCC(CN)CCC. The first-order valence-corrected chi connectivity index (χ1v) is 9.16. The maximum absolute atomic E-state index is 5.79. The summed E-state index contributed by atoms with van der Waals surface area (Å²) in [4.78, 5) is 0. The van der Waals surface area contributed by atoms with Gasteiger partial charge in [-0.05, 0) is 38.1 Å². The van der Waals surface area contributed by atoms with Crippen molar-refractivity contribution in [1.82, 2.24) is 0 Å². The minimum atomic E-state index is 0.788. The number of hydrogen-bond acceptors (Lipinski definition) is 1. The van der Waals surface area contributed by atoms with E-state index in [2.05, 4.69) is 13.5 Å². The Hall–Kier alpha value is -0.300. The summed E-state index contributed by atoms with van der Waals surface area (Å²) in [5.74, 6) is 0.788. The molecule has 20 heavy (non-hydrogen) atoms. The minimum Gasteiger partial charge on any atom is -0.330 e. The normalized spacial score (nSPS) is 12.5. The van der Waals surface area contributed by atoms with Crippen LogP contribution in [0.3, 0.4) is 0 Å². The maximum Gasteiger partial charge on any atom is -0.00489 e. The van der Waals surface area contributed by atoms with E-state index in [-0.39, 0.29) is 0 Å². The molecule has 1 atom stereocenters. The quantitative estimate of drug-likeness (QED) is 0.263. The van der Waals surface area contributed by atoms with E-state index in [0.29, 0.717) is 0 Å². The fourth-order valence-corrected chi connectivity index (χ4v) is 2.92. The van der Waals surface area contributed by atoms with E-state index >= 15 is 0 Å². The average molecular weight is 282 g/mol. The molecule has 0 aromatic rings. The largest absolute Gasteiger partial charge is 0.330 e. The number of allylic oxidation sites excluding steroid dienone is 1. The van der Waals surface area contributed by atoms with E-state index in [1.165, 1.54) is 89.9 Å². The summed E-state index contributed by atoms with van der Waals surface area (Å²) in [5, 5.41) is 0. The highest BCUT2D eigenvalue weighted by Crippen LogP contribution is 2.16. The third-order valence-corrected chi connectivity index (χ3v) is 4.30. The summed E-state index contributed by atoms with van der Waals surface area (Å²) in [6, 6.07) is 0. The Morgan fingerprint density at radius 1 is 0.800 bits per heavy atom. The van der Waals surface area contributed by atoms with Gasteiger partial charge in [-0.1, -0.05) is 77.2 Å². The third kappa shape index (κ3) is 14.1. The van der Waals surface area contributed by atoms with Crippen molar-refractivity contribution >= 4 is 0 Å². The van der Waals surface area contributed by atoms with Crippen LogP contribution in [0.1, 0.15) is 96.8 Å². The summed E-state index contributed by atoms with van der Waals surface area (Å²) in [6.45, 7) is 6.92. The lowest BCUT2D eigenvalue weighted by Gasteiger charge is -2.12. The standard InChI is InChI=1S/C19H39N/c1-3-5-6-7-8-9-10-11-12-13-14-15-17-19(18-20)16-4-2/h3,19H,1,4-18,20H2,2H3. The highest BCUT2D eigenvalue weighted by atomic mass is 14.5. The van der Waals surface area contributed by atoms with Crippen molar-refractivity contribution in [3.05, 3.63) is 12.7 Å². The van der Waals surface area contributed by atoms with E-state index < -0.39 is 0 Å². The van der Waals surface area contributed by atoms with Crippen LogP contribution in [-0.4, -0.2) is 6.54 Å². The lowest BCUT2D eigenvalue weighted by Crippen LogP contribution is -2.13. The Kier molecular flexibility index (Phi) is 16.5. The van der Waals surface area contributed by atoms with Crippen LogP contribution in [0.4, 0.5) is 0 Å². The summed E-state index contributed by atoms with van der Waals surface area (Å²) in [7, 11) is 0. The Balaban J connectivity index is 3.10. The van der Waals surface area contributed by atoms with Crippen LogP contribution in [0.15, 0.2) is 12.7 Å². The van der Waals surface area contributed by atoms with Crippen molar-refractivity contribution in [2.45, 2.75) is 96.8 Å². The van der Waals surface area contributed by atoms with Gasteiger partial charge >= 0.3 is 0 Å². The zero-order valence-corrected chi connectivity index (χ0v) is 14.0. The summed E-state index contributed by atoms with van der Waals surface area (Å²) in [6.07, 6.45) is 21.3. The lowest BCUT2D eigenvalue weighted by molar-refractivity contribution is 0.427. The van der Waals surface area contributed by atoms with Crippen molar-refractivity contribution in [2.75, 3.05) is 6.54 Å². The zero-order chi connectivity index (χ0) is 14.9. The second kappa shape index (κ2) is 16.8. The Morgan fingerprint density at radius 2 is 1.30 bits per heavy atom. The van der Waals surface area contributed by atoms with Crippen molar-refractivity contribution in [1.29, 1.82) is 0 Å². The second-order valence-electron chi connectivity index (χ2n) is 6.29. The number of unbranched alkanes of at least 4 members (excludes halogenated alkanes) is 10. The highest BCUT2D eigenvalue weighted by Gasteiger charge is 2.04. The van der Waals surface area contributed by atoms with Crippen LogP contribution in [0, 0.1) is 5.92 Å². The predicted octanol–water partition coefficient (Wildman–Crippen LogP) is 6.23. The monoisotopic (exact) mass is 281 g/mol. The highest BCUT2D eigenvalue weighted by molar-refractivity contribution is 4.65. The molecule has 0 fully saturated rings. The van der Waals surface area contributed by atoms with Crippen molar-refractivity contribution in [3.63, 3.8) is 0 Å². The minimum absolute atomic E-state index is 0.788. The van der Waals surface area contributed by atoms with Gasteiger partial charge in [-0.2, -0.15) is 0 Å². The van der Waals surface area contributed by atoms with E-state index in [4.69, 9.17) is 5.73 Å². The van der Waals surface area contributed by atoms with Crippen molar-refractivity contribution < 1.29 is 0 Å². The third-order valence-electron chi connectivity index (χ3n) is 4.30. The van der Waals surface area contributed by atoms with Gasteiger partial charge in [-0.3, -0.25) is 0 Å². The van der Waals surface area contributed by atoms with E-state index in [1.807, 2.05) is 6.08 Å². The summed E-state index contributed by atoms with van der Waals surface area (Å²) < 4.78 is 0. The molecule has 0 aliphatic rings. The van der Waals surface area contributed by atoms with E-state index in [9.17, 15) is 0 Å². The van der Waals surface area contributed by atoms with Crippen LogP contribution in [-0.2, 0) is 0 Å². The fourth-order valence-electron chi connectivity index (χ4n) is 2.92. The molecule has 1 unspecified atom stereocenters. The van der Waals surface area contributed by atoms with Crippen LogP contribution < -0.4 is 5.73 Å². The van der Waals surface area contributed by atoms with Crippen LogP contribution in [0.25, 0.3) is 0 Å². The Morgan fingerprint density at radius 3 is 1.75 bits per heavy atom. The maximum atomic E-state index is 5.79. The number of nitrogens with two attached hydrogens (primary N) is 1. The van der Waals surface area contributed by atoms with E-state index in [0.717, 1.165) is 12.5 Å². The Bertz CT molecular complexity index is 188. The van der Waals surface area contributed by atoms with Crippen LogP contribution >= 0.6 is 0 Å². The average Bonchev–Trinajstić information content (AvgIpc) is 2.47. The molecule has 0 aromatic heterocycles. The molecule has 0 saturated carbocycles. The van der Waals surface area contributed by atoms with Crippen LogP contribution in [0.2, 0.25) is 0 Å². The molecule has 0 spiro atoms. The van der Waals surface area contributed by atoms with Gasteiger partial charge in [0, 0.05) is 0 Å². The molecule has 0 aromatic carbocycles. The first kappa shape index (κ1) is 19.7. The fraction of sp³-hybridized carbons (Fsp3) is 0.895. The molecule has 0 radical (unpaired) electrons. The molecule has 0 aliphatic heterocycles. The van der Waals surface area contributed by atoms with Crippen molar-refractivity contribution in [3.8, 4) is 0 Å². The van der Waals surface area contributed by atoms with Gasteiger partial charge in [0.05, 0.1) is 0 Å². The van der Waals surface area contributed by atoms with Gasteiger partial charge in [0.2, 0.25) is 0 Å². The van der Waals surface area contributed by atoms with Gasteiger partial charge < -0.3 is 5.73 Å². The number of rotatable bonds is 16. The molecule has 1 heteroatoms. The number of hydrogen-bond donors (Lipinski definition) is 1. The molecule has 0 amide bonds. The van der Waals surface area contributed by atoms with Crippen molar-refractivity contribution in [2.24, 2.45) is 11.7 Å².